The van der Waals surface area contributed by atoms with Crippen LogP contribution in [0.1, 0.15) is 12.0 Å². The van der Waals surface area contributed by atoms with Crippen LogP contribution in [0.3, 0.4) is 0 Å². The van der Waals surface area contributed by atoms with Gasteiger partial charge in [-0.2, -0.15) is 0 Å². The molecule has 0 aliphatic heterocycles. The molecule has 0 fully saturated rings. The summed E-state index contributed by atoms with van der Waals surface area (Å²) in [5.74, 6) is 0.774. The molecule has 2 aromatic heterocycles. The Morgan fingerprint density at radius 2 is 1.64 bits per heavy atom. The van der Waals surface area contributed by atoms with E-state index in [9.17, 15) is 0 Å². The SMILES string of the molecule is c1ccc(COCCCOc2cncc(-c3ccc4cnccc4c3)c2)cc1. The summed E-state index contributed by atoms with van der Waals surface area (Å²) in [7, 11) is 0. The van der Waals surface area contributed by atoms with Gasteiger partial charge in [0.1, 0.15) is 5.75 Å². The molecule has 0 spiro atoms. The highest BCUT2D eigenvalue weighted by molar-refractivity contribution is 5.86. The number of pyridine rings is 2. The van der Waals surface area contributed by atoms with Crippen molar-refractivity contribution in [2.75, 3.05) is 13.2 Å². The van der Waals surface area contributed by atoms with Crippen molar-refractivity contribution in [3.8, 4) is 16.9 Å². The van der Waals surface area contributed by atoms with Gasteiger partial charge in [-0.05, 0) is 34.7 Å². The molecule has 0 saturated heterocycles. The Bertz CT molecular complexity index is 1030. The molecule has 0 unspecified atom stereocenters. The van der Waals surface area contributed by atoms with Gasteiger partial charge < -0.3 is 9.47 Å². The number of ether oxygens (including phenoxy) is 2. The van der Waals surface area contributed by atoms with Crippen LogP contribution in [0.5, 0.6) is 5.75 Å². The third-order valence-corrected chi connectivity index (χ3v) is 4.50. The van der Waals surface area contributed by atoms with Gasteiger partial charge in [0.2, 0.25) is 0 Å². The van der Waals surface area contributed by atoms with Crippen molar-refractivity contribution in [3.05, 3.63) is 91.0 Å². The molecule has 2 aromatic carbocycles. The Morgan fingerprint density at radius 3 is 2.57 bits per heavy atom. The van der Waals surface area contributed by atoms with Crippen molar-refractivity contribution in [2.45, 2.75) is 13.0 Å². The Balaban J connectivity index is 1.30. The van der Waals surface area contributed by atoms with E-state index in [4.69, 9.17) is 9.47 Å². The van der Waals surface area contributed by atoms with E-state index in [1.165, 1.54) is 5.56 Å². The molecule has 140 valence electrons. The fraction of sp³-hybridized carbons (Fsp3) is 0.167. The topological polar surface area (TPSA) is 44.2 Å². The van der Waals surface area contributed by atoms with Crippen molar-refractivity contribution in [1.29, 1.82) is 0 Å². The van der Waals surface area contributed by atoms with Crippen molar-refractivity contribution < 1.29 is 9.47 Å². The Labute approximate surface area is 164 Å². The minimum absolute atomic E-state index is 0.601. The third kappa shape index (κ3) is 4.72. The standard InChI is InChI=1S/C24H22N2O2/c1-2-5-19(6-3-1)18-27-11-4-12-28-24-14-23(16-26-17-24)20-7-8-22-15-25-10-9-21(22)13-20/h1-3,5-10,13-17H,4,11-12,18H2. The van der Waals surface area contributed by atoms with Crippen LogP contribution in [0.2, 0.25) is 0 Å². The summed E-state index contributed by atoms with van der Waals surface area (Å²) in [5, 5.41) is 2.29. The molecule has 0 aliphatic rings. The fourth-order valence-corrected chi connectivity index (χ4v) is 3.03. The Kier molecular flexibility index (Phi) is 5.90. The van der Waals surface area contributed by atoms with Gasteiger partial charge in [-0.25, -0.2) is 0 Å². The second-order valence-corrected chi connectivity index (χ2v) is 6.59. The van der Waals surface area contributed by atoms with E-state index < -0.39 is 0 Å². The van der Waals surface area contributed by atoms with E-state index in [1.807, 2.05) is 48.9 Å². The lowest BCUT2D eigenvalue weighted by atomic mass is 10.0. The van der Waals surface area contributed by atoms with Crippen LogP contribution in [0.15, 0.2) is 85.5 Å². The summed E-state index contributed by atoms with van der Waals surface area (Å²) in [4.78, 5) is 8.49. The number of aromatic nitrogens is 2. The van der Waals surface area contributed by atoms with Crippen molar-refractivity contribution in [2.24, 2.45) is 0 Å². The summed E-state index contributed by atoms with van der Waals surface area (Å²) < 4.78 is 11.5. The lowest BCUT2D eigenvalue weighted by molar-refractivity contribution is 0.107. The van der Waals surface area contributed by atoms with Gasteiger partial charge in [-0.3, -0.25) is 9.97 Å². The average molecular weight is 370 g/mol. The zero-order valence-corrected chi connectivity index (χ0v) is 15.6. The van der Waals surface area contributed by atoms with Crippen molar-refractivity contribution >= 4 is 10.8 Å². The number of benzene rings is 2. The summed E-state index contributed by atoms with van der Waals surface area (Å²) in [6.07, 6.45) is 8.12. The Hall–Kier alpha value is -3.24. The normalized spacial score (nSPS) is 10.9. The summed E-state index contributed by atoms with van der Waals surface area (Å²) in [6.45, 7) is 1.90. The molecular formula is C24H22N2O2. The molecule has 4 nitrogen and oxygen atoms in total. The van der Waals surface area contributed by atoms with Crippen LogP contribution in [-0.2, 0) is 11.3 Å². The zero-order valence-electron chi connectivity index (χ0n) is 15.6. The summed E-state index contributed by atoms with van der Waals surface area (Å²) in [5.41, 5.74) is 3.34. The van der Waals surface area contributed by atoms with E-state index in [0.717, 1.165) is 34.1 Å². The fourth-order valence-electron chi connectivity index (χ4n) is 3.03. The minimum atomic E-state index is 0.601. The predicted molar refractivity (Wildman–Crippen MR) is 111 cm³/mol. The molecule has 28 heavy (non-hydrogen) atoms. The predicted octanol–water partition coefficient (Wildman–Crippen LogP) is 5.28. The molecule has 4 rings (SSSR count). The monoisotopic (exact) mass is 370 g/mol. The molecular weight excluding hydrogens is 348 g/mol. The van der Waals surface area contributed by atoms with Gasteiger partial charge in [0, 0.05) is 36.0 Å². The second kappa shape index (κ2) is 9.11. The first-order chi connectivity index (χ1) is 13.9. The number of hydrogen-bond donors (Lipinski definition) is 0. The third-order valence-electron chi connectivity index (χ3n) is 4.50. The number of rotatable bonds is 8. The largest absolute Gasteiger partial charge is 0.492 e. The number of fused-ring (bicyclic) bond motifs is 1. The van der Waals surface area contributed by atoms with Crippen LogP contribution >= 0.6 is 0 Å². The molecule has 0 atom stereocenters. The average Bonchev–Trinajstić information content (AvgIpc) is 2.77. The van der Waals surface area contributed by atoms with E-state index in [1.54, 1.807) is 6.20 Å². The molecule has 0 N–H and O–H groups in total. The number of nitrogens with zero attached hydrogens (tertiary/aromatic N) is 2. The first kappa shape index (κ1) is 18.1. The van der Waals surface area contributed by atoms with Crippen LogP contribution in [0.25, 0.3) is 21.9 Å². The molecule has 0 amide bonds. The highest BCUT2D eigenvalue weighted by atomic mass is 16.5. The number of hydrogen-bond acceptors (Lipinski definition) is 4. The first-order valence-corrected chi connectivity index (χ1v) is 9.42. The lowest BCUT2D eigenvalue weighted by Gasteiger charge is -2.09. The minimum Gasteiger partial charge on any atom is -0.492 e. The highest BCUT2D eigenvalue weighted by Gasteiger charge is 2.03. The molecule has 0 aliphatic carbocycles. The van der Waals surface area contributed by atoms with Crippen LogP contribution in [0, 0.1) is 0 Å². The summed E-state index contributed by atoms with van der Waals surface area (Å²) in [6, 6.07) is 20.5. The van der Waals surface area contributed by atoms with E-state index in [0.29, 0.717) is 19.8 Å². The Morgan fingerprint density at radius 1 is 0.714 bits per heavy atom. The van der Waals surface area contributed by atoms with Gasteiger partial charge in [-0.15, -0.1) is 0 Å². The maximum atomic E-state index is 5.86. The van der Waals surface area contributed by atoms with Crippen LogP contribution < -0.4 is 4.74 Å². The van der Waals surface area contributed by atoms with E-state index in [-0.39, 0.29) is 0 Å². The van der Waals surface area contributed by atoms with E-state index >= 15 is 0 Å². The lowest BCUT2D eigenvalue weighted by Crippen LogP contribution is -2.03. The first-order valence-electron chi connectivity index (χ1n) is 9.42. The van der Waals surface area contributed by atoms with Gasteiger partial charge in [0.05, 0.1) is 26.0 Å². The zero-order chi connectivity index (χ0) is 19.0. The highest BCUT2D eigenvalue weighted by Crippen LogP contribution is 2.26. The molecule has 0 saturated carbocycles. The quantitative estimate of drug-likeness (QED) is 0.396. The van der Waals surface area contributed by atoms with Crippen LogP contribution in [-0.4, -0.2) is 23.2 Å². The molecule has 0 bridgehead atoms. The molecule has 2 heterocycles. The van der Waals surface area contributed by atoms with Crippen molar-refractivity contribution in [1.82, 2.24) is 9.97 Å². The maximum Gasteiger partial charge on any atom is 0.138 e. The molecule has 0 radical (unpaired) electrons. The molecule has 4 aromatic rings. The maximum absolute atomic E-state index is 5.86. The summed E-state index contributed by atoms with van der Waals surface area (Å²) >= 11 is 0. The van der Waals surface area contributed by atoms with Gasteiger partial charge in [0.25, 0.3) is 0 Å². The van der Waals surface area contributed by atoms with Gasteiger partial charge >= 0.3 is 0 Å². The van der Waals surface area contributed by atoms with Gasteiger partial charge in [0.15, 0.2) is 0 Å². The van der Waals surface area contributed by atoms with E-state index in [2.05, 4.69) is 40.3 Å². The molecule has 4 heteroatoms. The van der Waals surface area contributed by atoms with Crippen molar-refractivity contribution in [3.63, 3.8) is 0 Å². The smallest absolute Gasteiger partial charge is 0.138 e. The van der Waals surface area contributed by atoms with Crippen LogP contribution in [0.4, 0.5) is 0 Å². The second-order valence-electron chi connectivity index (χ2n) is 6.59. The van der Waals surface area contributed by atoms with Gasteiger partial charge in [-0.1, -0.05) is 42.5 Å².